The molecular weight excluding hydrogens is 360 g/mol. The molecule has 6 heteroatoms. The highest BCUT2D eigenvalue weighted by Gasteiger charge is 2.13. The van der Waals surface area contributed by atoms with E-state index >= 15 is 0 Å². The van der Waals surface area contributed by atoms with E-state index in [1.165, 1.54) is 0 Å². The number of hydrogen-bond acceptors (Lipinski definition) is 4. The van der Waals surface area contributed by atoms with E-state index in [1.54, 1.807) is 54.7 Å². The molecule has 0 bridgehead atoms. The maximum absolute atomic E-state index is 12.5. The minimum Gasteiger partial charge on any atom is -0.380 e. The lowest BCUT2D eigenvalue weighted by Gasteiger charge is -2.18. The third-order valence-electron chi connectivity index (χ3n) is 4.14. The summed E-state index contributed by atoms with van der Waals surface area (Å²) in [7, 11) is 1.74. The van der Waals surface area contributed by atoms with Gasteiger partial charge in [0.25, 0.3) is 5.91 Å². The number of rotatable bonds is 5. The number of amides is 1. The molecule has 1 N–H and O–H groups in total. The smallest absolute Gasteiger partial charge is 0.258 e. The van der Waals surface area contributed by atoms with Crippen LogP contribution >= 0.6 is 11.6 Å². The first-order chi connectivity index (χ1) is 13.1. The molecule has 1 aromatic heterocycles. The Hall–Kier alpha value is -3.36. The van der Waals surface area contributed by atoms with Crippen molar-refractivity contribution in [2.75, 3.05) is 17.3 Å². The zero-order valence-corrected chi connectivity index (χ0v) is 15.4. The van der Waals surface area contributed by atoms with Gasteiger partial charge in [-0.15, -0.1) is 0 Å². The molecule has 0 atom stereocenters. The normalized spacial score (nSPS) is 10.1. The van der Waals surface area contributed by atoms with Gasteiger partial charge >= 0.3 is 0 Å². The van der Waals surface area contributed by atoms with E-state index in [4.69, 9.17) is 11.6 Å². The number of halogens is 1. The number of carbonyl (C=O) groups excluding carboxylic acids is 1. The van der Waals surface area contributed by atoms with Gasteiger partial charge in [0.05, 0.1) is 11.3 Å². The lowest BCUT2D eigenvalue weighted by atomic mass is 10.1. The number of anilines is 2. The predicted octanol–water partition coefficient (Wildman–Crippen LogP) is 4.50. The molecule has 0 radical (unpaired) electrons. The van der Waals surface area contributed by atoms with Crippen LogP contribution in [0.25, 0.3) is 0 Å². The number of pyridine rings is 1. The highest BCUT2D eigenvalue weighted by Crippen LogP contribution is 2.21. The number of carbonyl (C=O) groups is 1. The van der Waals surface area contributed by atoms with Gasteiger partial charge in [-0.25, -0.2) is 0 Å². The van der Waals surface area contributed by atoms with Gasteiger partial charge in [0.2, 0.25) is 0 Å². The van der Waals surface area contributed by atoms with Crippen LogP contribution < -0.4 is 10.2 Å². The highest BCUT2D eigenvalue weighted by molar-refractivity contribution is 6.30. The van der Waals surface area contributed by atoms with E-state index < -0.39 is 0 Å². The van der Waals surface area contributed by atoms with Gasteiger partial charge in [-0.3, -0.25) is 9.78 Å². The zero-order chi connectivity index (χ0) is 19.2. The Kier molecular flexibility index (Phi) is 5.70. The van der Waals surface area contributed by atoms with Gasteiger partial charge < -0.3 is 10.2 Å². The van der Waals surface area contributed by atoms with Crippen molar-refractivity contribution in [1.82, 2.24) is 4.98 Å². The fourth-order valence-corrected chi connectivity index (χ4v) is 2.78. The molecule has 27 heavy (non-hydrogen) atoms. The molecule has 3 aromatic rings. The van der Waals surface area contributed by atoms with Crippen molar-refractivity contribution < 1.29 is 4.79 Å². The summed E-state index contributed by atoms with van der Waals surface area (Å²) >= 11 is 5.92. The molecule has 0 fully saturated rings. The summed E-state index contributed by atoms with van der Waals surface area (Å²) in [6, 6.07) is 18.3. The van der Waals surface area contributed by atoms with E-state index in [2.05, 4.69) is 16.4 Å². The van der Waals surface area contributed by atoms with E-state index in [-0.39, 0.29) is 5.91 Å². The number of nitrogens with one attached hydrogen (secondary N) is 1. The fourth-order valence-electron chi connectivity index (χ4n) is 2.60. The summed E-state index contributed by atoms with van der Waals surface area (Å²) in [5.74, 6) is -0.0944. The monoisotopic (exact) mass is 376 g/mol. The molecule has 1 amide bonds. The van der Waals surface area contributed by atoms with Crippen molar-refractivity contribution in [2.24, 2.45) is 0 Å². The zero-order valence-electron chi connectivity index (χ0n) is 14.7. The van der Waals surface area contributed by atoms with Crippen molar-refractivity contribution in [3.63, 3.8) is 0 Å². The molecule has 5 nitrogen and oxygen atoms in total. The average Bonchev–Trinajstić information content (AvgIpc) is 2.72. The summed E-state index contributed by atoms with van der Waals surface area (Å²) in [6.07, 6.45) is 3.20. The van der Waals surface area contributed by atoms with Crippen LogP contribution in [-0.4, -0.2) is 17.9 Å². The molecule has 3 rings (SSSR count). The standard InChI is InChI=1S/C21H17ClN4O/c1-26(21(27)16-8-10-24-11-9-16)19-5-2-15(3-6-19)14-25-20-7-4-18(22)12-17(20)13-23/h2-12,25H,14H2,1H3. The number of aromatic nitrogens is 1. The summed E-state index contributed by atoms with van der Waals surface area (Å²) in [4.78, 5) is 18.0. The summed E-state index contributed by atoms with van der Waals surface area (Å²) in [5, 5.41) is 13.0. The average molecular weight is 377 g/mol. The van der Waals surface area contributed by atoms with Crippen LogP contribution in [0.2, 0.25) is 5.02 Å². The first kappa shape index (κ1) is 18.4. The first-order valence-corrected chi connectivity index (χ1v) is 8.67. The second-order valence-electron chi connectivity index (χ2n) is 5.92. The molecule has 0 saturated heterocycles. The molecule has 2 aromatic carbocycles. The second-order valence-corrected chi connectivity index (χ2v) is 6.36. The van der Waals surface area contributed by atoms with Crippen LogP contribution in [0.15, 0.2) is 67.0 Å². The number of benzene rings is 2. The number of hydrogen-bond donors (Lipinski definition) is 1. The first-order valence-electron chi connectivity index (χ1n) is 8.29. The number of nitriles is 1. The van der Waals surface area contributed by atoms with Crippen molar-refractivity contribution in [3.8, 4) is 6.07 Å². The van der Waals surface area contributed by atoms with Gasteiger partial charge in [-0.05, 0) is 48.0 Å². The third kappa shape index (κ3) is 4.43. The predicted molar refractivity (Wildman–Crippen MR) is 107 cm³/mol. The number of nitrogens with zero attached hydrogens (tertiary/aromatic N) is 3. The highest BCUT2D eigenvalue weighted by atomic mass is 35.5. The van der Waals surface area contributed by atoms with Gasteiger partial charge in [-0.2, -0.15) is 5.26 Å². The van der Waals surface area contributed by atoms with E-state index in [0.29, 0.717) is 22.7 Å². The van der Waals surface area contributed by atoms with Crippen LogP contribution in [0.1, 0.15) is 21.5 Å². The summed E-state index contributed by atoms with van der Waals surface area (Å²) in [5.41, 5.74) is 3.65. The SMILES string of the molecule is CN(C(=O)c1ccncc1)c1ccc(CNc2ccc(Cl)cc2C#N)cc1. The molecule has 0 saturated carbocycles. The van der Waals surface area contributed by atoms with Crippen molar-refractivity contribution >= 4 is 28.9 Å². The van der Waals surface area contributed by atoms with Gasteiger partial charge in [0, 0.05) is 42.3 Å². The molecule has 0 aliphatic rings. The van der Waals surface area contributed by atoms with Gasteiger partial charge in [-0.1, -0.05) is 23.7 Å². The Bertz CT molecular complexity index is 981. The topological polar surface area (TPSA) is 69.0 Å². The van der Waals surface area contributed by atoms with Crippen molar-refractivity contribution in [2.45, 2.75) is 6.54 Å². The molecule has 0 aliphatic carbocycles. The Labute approximate surface area is 162 Å². The lowest BCUT2D eigenvalue weighted by molar-refractivity contribution is 0.0993. The Morgan fingerprint density at radius 2 is 1.85 bits per heavy atom. The second kappa shape index (κ2) is 8.35. The van der Waals surface area contributed by atoms with Gasteiger partial charge in [0.15, 0.2) is 0 Å². The molecular formula is C21H17ClN4O. The summed E-state index contributed by atoms with van der Waals surface area (Å²) < 4.78 is 0. The molecule has 1 heterocycles. The minimum atomic E-state index is -0.0944. The molecule has 0 aliphatic heterocycles. The molecule has 0 unspecified atom stereocenters. The van der Waals surface area contributed by atoms with Crippen LogP contribution in [0.5, 0.6) is 0 Å². The van der Waals surface area contributed by atoms with Crippen LogP contribution in [-0.2, 0) is 6.54 Å². The third-order valence-corrected chi connectivity index (χ3v) is 4.38. The summed E-state index contributed by atoms with van der Waals surface area (Å²) in [6.45, 7) is 0.554. The van der Waals surface area contributed by atoms with Gasteiger partial charge in [0.1, 0.15) is 6.07 Å². The molecule has 134 valence electrons. The van der Waals surface area contributed by atoms with Crippen LogP contribution in [0, 0.1) is 11.3 Å². The quantitative estimate of drug-likeness (QED) is 0.712. The largest absolute Gasteiger partial charge is 0.380 e. The van der Waals surface area contributed by atoms with Crippen molar-refractivity contribution in [3.05, 3.63) is 88.7 Å². The maximum atomic E-state index is 12.5. The van der Waals surface area contributed by atoms with Crippen LogP contribution in [0.4, 0.5) is 11.4 Å². The Balaban J connectivity index is 1.67. The van der Waals surface area contributed by atoms with E-state index in [1.807, 2.05) is 24.3 Å². The lowest BCUT2D eigenvalue weighted by Crippen LogP contribution is -2.26. The van der Waals surface area contributed by atoms with Crippen LogP contribution in [0.3, 0.4) is 0 Å². The minimum absolute atomic E-state index is 0.0944. The Morgan fingerprint density at radius 1 is 1.15 bits per heavy atom. The van der Waals surface area contributed by atoms with Crippen molar-refractivity contribution in [1.29, 1.82) is 5.26 Å². The maximum Gasteiger partial charge on any atom is 0.258 e. The fraction of sp³-hybridized carbons (Fsp3) is 0.0952. The van der Waals surface area contributed by atoms with E-state index in [0.717, 1.165) is 16.9 Å². The molecule has 0 spiro atoms. The van der Waals surface area contributed by atoms with E-state index in [9.17, 15) is 10.1 Å². The Morgan fingerprint density at radius 3 is 2.52 bits per heavy atom.